The summed E-state index contributed by atoms with van der Waals surface area (Å²) in [5, 5.41) is 0. The summed E-state index contributed by atoms with van der Waals surface area (Å²) in [5.74, 6) is 0.487. The lowest BCUT2D eigenvalue weighted by atomic mass is 9.96. The standard InChI is InChI=1S/C21H29N3O3/c1-14(2)27-21-18-7-5-4-6-17(18)20(26)24(21)16-8-10-23(11-9-16)19(25)15-12-22(3)13-15/h4-7,14-16,21H,8-13H2,1-3H3. The van der Waals surface area contributed by atoms with Gasteiger partial charge in [0.1, 0.15) is 0 Å². The molecule has 3 aliphatic rings. The van der Waals surface area contributed by atoms with Crippen LogP contribution in [0, 0.1) is 5.92 Å². The van der Waals surface area contributed by atoms with E-state index in [9.17, 15) is 9.59 Å². The molecule has 0 saturated carbocycles. The Labute approximate surface area is 161 Å². The number of nitrogens with zero attached hydrogens (tertiary/aromatic N) is 3. The highest BCUT2D eigenvalue weighted by Crippen LogP contribution is 2.39. The van der Waals surface area contributed by atoms with Gasteiger partial charge in [0.15, 0.2) is 6.23 Å². The normalized spacial score (nSPS) is 24.4. The summed E-state index contributed by atoms with van der Waals surface area (Å²) < 4.78 is 6.14. The van der Waals surface area contributed by atoms with Gasteiger partial charge in [0.05, 0.1) is 12.0 Å². The Hall–Kier alpha value is -1.92. The molecule has 4 rings (SSSR count). The SMILES string of the molecule is CC(C)OC1c2ccccc2C(=O)N1C1CCN(C(=O)C2CN(C)C2)CC1. The molecule has 146 valence electrons. The van der Waals surface area contributed by atoms with Gasteiger partial charge in [-0.15, -0.1) is 0 Å². The molecule has 0 radical (unpaired) electrons. The van der Waals surface area contributed by atoms with Gasteiger partial charge in [0, 0.05) is 43.3 Å². The maximum atomic E-state index is 13.1. The number of hydrogen-bond acceptors (Lipinski definition) is 4. The fourth-order valence-electron chi connectivity index (χ4n) is 4.53. The summed E-state index contributed by atoms with van der Waals surface area (Å²) in [6.07, 6.45) is 1.34. The van der Waals surface area contributed by atoms with E-state index in [2.05, 4.69) is 4.90 Å². The van der Waals surface area contributed by atoms with Crippen molar-refractivity contribution in [1.82, 2.24) is 14.7 Å². The molecule has 0 N–H and O–H groups in total. The first kappa shape index (κ1) is 18.4. The van der Waals surface area contributed by atoms with E-state index in [1.165, 1.54) is 0 Å². The van der Waals surface area contributed by atoms with Gasteiger partial charge < -0.3 is 19.4 Å². The van der Waals surface area contributed by atoms with Crippen LogP contribution in [0.3, 0.4) is 0 Å². The molecule has 1 aromatic carbocycles. The van der Waals surface area contributed by atoms with Crippen molar-refractivity contribution in [3.05, 3.63) is 35.4 Å². The van der Waals surface area contributed by atoms with Crippen LogP contribution < -0.4 is 0 Å². The molecular weight excluding hydrogens is 342 g/mol. The smallest absolute Gasteiger partial charge is 0.256 e. The number of amides is 2. The molecule has 2 fully saturated rings. The zero-order chi connectivity index (χ0) is 19.1. The number of likely N-dealkylation sites (tertiary alicyclic amines) is 2. The van der Waals surface area contributed by atoms with Crippen LogP contribution in [0.1, 0.15) is 48.8 Å². The second-order valence-electron chi connectivity index (χ2n) is 8.31. The van der Waals surface area contributed by atoms with Gasteiger partial charge >= 0.3 is 0 Å². The van der Waals surface area contributed by atoms with E-state index >= 15 is 0 Å². The molecule has 6 heteroatoms. The number of fused-ring (bicyclic) bond motifs is 1. The van der Waals surface area contributed by atoms with Gasteiger partial charge in [0.25, 0.3) is 5.91 Å². The van der Waals surface area contributed by atoms with Gasteiger partial charge in [-0.25, -0.2) is 0 Å². The van der Waals surface area contributed by atoms with Crippen molar-refractivity contribution in [3.8, 4) is 0 Å². The van der Waals surface area contributed by atoms with Crippen molar-refractivity contribution >= 4 is 11.8 Å². The van der Waals surface area contributed by atoms with Crippen LogP contribution in [-0.4, -0.2) is 71.9 Å². The Bertz CT molecular complexity index is 721. The number of carbonyl (C=O) groups excluding carboxylic acids is 2. The molecule has 3 heterocycles. The maximum absolute atomic E-state index is 13.1. The second kappa shape index (κ2) is 7.24. The zero-order valence-corrected chi connectivity index (χ0v) is 16.4. The molecule has 0 aromatic heterocycles. The third-order valence-electron chi connectivity index (χ3n) is 5.93. The van der Waals surface area contributed by atoms with Crippen LogP contribution in [-0.2, 0) is 9.53 Å². The summed E-state index contributed by atoms with van der Waals surface area (Å²) in [6.45, 7) is 7.17. The Balaban J connectivity index is 1.45. The Morgan fingerprint density at radius 1 is 1.15 bits per heavy atom. The summed E-state index contributed by atoms with van der Waals surface area (Å²) in [4.78, 5) is 31.7. The van der Waals surface area contributed by atoms with E-state index in [0.717, 1.165) is 50.1 Å². The molecule has 2 saturated heterocycles. The third-order valence-corrected chi connectivity index (χ3v) is 5.93. The van der Waals surface area contributed by atoms with Gasteiger partial charge in [-0.1, -0.05) is 18.2 Å². The average molecular weight is 371 g/mol. The summed E-state index contributed by atoms with van der Waals surface area (Å²) in [5.41, 5.74) is 1.71. The van der Waals surface area contributed by atoms with Crippen molar-refractivity contribution in [2.75, 3.05) is 33.2 Å². The third kappa shape index (κ3) is 3.36. The lowest BCUT2D eigenvalue weighted by Gasteiger charge is -2.43. The fourth-order valence-corrected chi connectivity index (χ4v) is 4.53. The van der Waals surface area contributed by atoms with Crippen LogP contribution in [0.5, 0.6) is 0 Å². The van der Waals surface area contributed by atoms with Gasteiger partial charge in [-0.2, -0.15) is 0 Å². The molecule has 3 aliphatic heterocycles. The average Bonchev–Trinajstić information content (AvgIpc) is 2.91. The monoisotopic (exact) mass is 371 g/mol. The maximum Gasteiger partial charge on any atom is 0.256 e. The molecule has 1 atom stereocenters. The van der Waals surface area contributed by atoms with Crippen LogP contribution in [0.15, 0.2) is 24.3 Å². The molecule has 27 heavy (non-hydrogen) atoms. The molecular formula is C21H29N3O3. The highest BCUT2D eigenvalue weighted by atomic mass is 16.5. The largest absolute Gasteiger partial charge is 0.351 e. The number of ether oxygens (including phenoxy) is 1. The van der Waals surface area contributed by atoms with Crippen LogP contribution in [0.2, 0.25) is 0 Å². The van der Waals surface area contributed by atoms with Gasteiger partial charge in [0.2, 0.25) is 5.91 Å². The molecule has 0 bridgehead atoms. The Morgan fingerprint density at radius 3 is 2.44 bits per heavy atom. The minimum absolute atomic E-state index is 0.0359. The van der Waals surface area contributed by atoms with Crippen molar-refractivity contribution in [3.63, 3.8) is 0 Å². The first-order chi connectivity index (χ1) is 13.0. The summed E-state index contributed by atoms with van der Waals surface area (Å²) >= 11 is 0. The lowest BCUT2D eigenvalue weighted by Crippen LogP contribution is -2.55. The Kier molecular flexibility index (Phi) is 4.95. The number of piperidine rings is 1. The first-order valence-electron chi connectivity index (χ1n) is 10.00. The zero-order valence-electron chi connectivity index (χ0n) is 16.4. The molecule has 2 amide bonds. The molecule has 6 nitrogen and oxygen atoms in total. The van der Waals surface area contributed by atoms with E-state index in [4.69, 9.17) is 4.74 Å². The highest BCUT2D eigenvalue weighted by Gasteiger charge is 2.43. The van der Waals surface area contributed by atoms with E-state index < -0.39 is 0 Å². The van der Waals surface area contributed by atoms with Crippen LogP contribution in [0.25, 0.3) is 0 Å². The number of benzene rings is 1. The quantitative estimate of drug-likeness (QED) is 0.814. The van der Waals surface area contributed by atoms with Crippen molar-refractivity contribution in [2.24, 2.45) is 5.92 Å². The van der Waals surface area contributed by atoms with Gasteiger partial charge in [-0.05, 0) is 39.8 Å². The van der Waals surface area contributed by atoms with E-state index in [1.54, 1.807) is 0 Å². The molecule has 0 spiro atoms. The lowest BCUT2D eigenvalue weighted by molar-refractivity contribution is -0.143. The minimum Gasteiger partial charge on any atom is -0.351 e. The first-order valence-corrected chi connectivity index (χ1v) is 10.00. The number of rotatable bonds is 4. The second-order valence-corrected chi connectivity index (χ2v) is 8.31. The predicted molar refractivity (Wildman–Crippen MR) is 102 cm³/mol. The number of hydrogen-bond donors (Lipinski definition) is 0. The summed E-state index contributed by atoms with van der Waals surface area (Å²) in [7, 11) is 2.04. The summed E-state index contributed by atoms with van der Waals surface area (Å²) in [6, 6.07) is 7.86. The Morgan fingerprint density at radius 2 is 1.81 bits per heavy atom. The number of carbonyl (C=O) groups is 2. The van der Waals surface area contributed by atoms with Crippen LogP contribution in [0.4, 0.5) is 0 Å². The highest BCUT2D eigenvalue weighted by molar-refractivity contribution is 5.99. The van der Waals surface area contributed by atoms with E-state index in [1.807, 2.05) is 55.0 Å². The van der Waals surface area contributed by atoms with Crippen molar-refractivity contribution in [2.45, 2.75) is 45.1 Å². The predicted octanol–water partition coefficient (Wildman–Crippen LogP) is 2.12. The minimum atomic E-state index is -0.318. The van der Waals surface area contributed by atoms with Crippen molar-refractivity contribution < 1.29 is 14.3 Å². The molecule has 1 unspecified atom stereocenters. The molecule has 0 aliphatic carbocycles. The fraction of sp³-hybridized carbons (Fsp3) is 0.619. The van der Waals surface area contributed by atoms with E-state index in [-0.39, 0.29) is 36.1 Å². The molecule has 1 aromatic rings. The topological polar surface area (TPSA) is 53.1 Å². The van der Waals surface area contributed by atoms with Crippen LogP contribution >= 0.6 is 0 Å². The van der Waals surface area contributed by atoms with Crippen molar-refractivity contribution in [1.29, 1.82) is 0 Å². The van der Waals surface area contributed by atoms with Gasteiger partial charge in [-0.3, -0.25) is 9.59 Å². The van der Waals surface area contributed by atoms with E-state index in [0.29, 0.717) is 0 Å².